The standard InChI is InChI=1S/C15H21Cl2NO2/c1-10(2)8-15(3,20)9-18-14(19)7-11-12(16)5-4-6-13(11)17/h4-6,10,20H,7-9H2,1-3H3,(H,18,19). The van der Waals surface area contributed by atoms with E-state index in [-0.39, 0.29) is 18.9 Å². The number of hydrogen-bond acceptors (Lipinski definition) is 2. The maximum absolute atomic E-state index is 11.9. The van der Waals surface area contributed by atoms with E-state index in [0.29, 0.717) is 27.9 Å². The van der Waals surface area contributed by atoms with Crippen LogP contribution in [0.1, 0.15) is 32.8 Å². The topological polar surface area (TPSA) is 49.3 Å². The summed E-state index contributed by atoms with van der Waals surface area (Å²) in [5, 5.41) is 13.8. The number of amides is 1. The first kappa shape index (κ1) is 17.3. The lowest BCUT2D eigenvalue weighted by molar-refractivity contribution is -0.121. The molecule has 112 valence electrons. The molecule has 3 nitrogen and oxygen atoms in total. The van der Waals surface area contributed by atoms with Crippen LogP contribution >= 0.6 is 23.2 Å². The zero-order chi connectivity index (χ0) is 15.3. The van der Waals surface area contributed by atoms with E-state index in [1.807, 2.05) is 13.8 Å². The van der Waals surface area contributed by atoms with Crippen molar-refractivity contribution in [3.63, 3.8) is 0 Å². The zero-order valence-electron chi connectivity index (χ0n) is 12.0. The molecule has 1 amide bonds. The molecule has 1 unspecified atom stereocenters. The number of halogens is 2. The molecule has 0 saturated heterocycles. The first-order valence-electron chi connectivity index (χ1n) is 6.63. The Balaban J connectivity index is 2.56. The van der Waals surface area contributed by atoms with E-state index in [1.165, 1.54) is 0 Å². The van der Waals surface area contributed by atoms with Gasteiger partial charge in [0.2, 0.25) is 5.91 Å². The summed E-state index contributed by atoms with van der Waals surface area (Å²) in [5.74, 6) is 0.156. The highest BCUT2D eigenvalue weighted by atomic mass is 35.5. The van der Waals surface area contributed by atoms with Gasteiger partial charge in [-0.05, 0) is 37.0 Å². The third kappa shape index (κ3) is 5.70. The number of hydrogen-bond donors (Lipinski definition) is 2. The Morgan fingerprint density at radius 2 is 1.90 bits per heavy atom. The van der Waals surface area contributed by atoms with Gasteiger partial charge in [0.1, 0.15) is 0 Å². The first-order valence-corrected chi connectivity index (χ1v) is 7.39. The second-order valence-electron chi connectivity index (χ2n) is 5.75. The van der Waals surface area contributed by atoms with Crippen molar-refractivity contribution >= 4 is 29.1 Å². The van der Waals surface area contributed by atoms with Gasteiger partial charge < -0.3 is 10.4 Å². The van der Waals surface area contributed by atoms with Crippen LogP contribution in [0.25, 0.3) is 0 Å². The van der Waals surface area contributed by atoms with Crippen molar-refractivity contribution in [1.29, 1.82) is 0 Å². The molecule has 0 saturated carbocycles. The van der Waals surface area contributed by atoms with Crippen LogP contribution in [-0.4, -0.2) is 23.2 Å². The first-order chi connectivity index (χ1) is 9.21. The maximum Gasteiger partial charge on any atom is 0.224 e. The maximum atomic E-state index is 11.9. The van der Waals surface area contributed by atoms with E-state index in [2.05, 4.69) is 5.32 Å². The highest BCUT2D eigenvalue weighted by Crippen LogP contribution is 2.24. The minimum atomic E-state index is -0.909. The van der Waals surface area contributed by atoms with Crippen LogP contribution in [0.4, 0.5) is 0 Å². The van der Waals surface area contributed by atoms with Gasteiger partial charge in [-0.3, -0.25) is 4.79 Å². The van der Waals surface area contributed by atoms with Crippen LogP contribution in [0.5, 0.6) is 0 Å². The summed E-state index contributed by atoms with van der Waals surface area (Å²) in [6.45, 7) is 5.99. The Kier molecular flexibility index (Phi) is 6.31. The lowest BCUT2D eigenvalue weighted by Crippen LogP contribution is -2.42. The number of benzene rings is 1. The smallest absolute Gasteiger partial charge is 0.224 e. The number of nitrogens with one attached hydrogen (secondary N) is 1. The number of rotatable bonds is 6. The molecule has 0 aliphatic carbocycles. The fourth-order valence-corrected chi connectivity index (χ4v) is 2.70. The van der Waals surface area contributed by atoms with Crippen LogP contribution < -0.4 is 5.32 Å². The molecular weight excluding hydrogens is 297 g/mol. The van der Waals surface area contributed by atoms with Gasteiger partial charge in [-0.2, -0.15) is 0 Å². The van der Waals surface area contributed by atoms with Gasteiger partial charge in [0.05, 0.1) is 12.0 Å². The molecule has 0 bridgehead atoms. The second kappa shape index (κ2) is 7.30. The van der Waals surface area contributed by atoms with Crippen LogP contribution in [0.15, 0.2) is 18.2 Å². The van der Waals surface area contributed by atoms with Gasteiger partial charge in [-0.1, -0.05) is 43.1 Å². The van der Waals surface area contributed by atoms with E-state index in [0.717, 1.165) is 0 Å². The number of aliphatic hydroxyl groups is 1. The third-order valence-electron chi connectivity index (χ3n) is 2.91. The zero-order valence-corrected chi connectivity index (χ0v) is 13.6. The van der Waals surface area contributed by atoms with Gasteiger partial charge in [-0.15, -0.1) is 0 Å². The predicted molar refractivity (Wildman–Crippen MR) is 83.3 cm³/mol. The molecule has 0 aliphatic heterocycles. The molecule has 0 radical (unpaired) electrons. The summed E-state index contributed by atoms with van der Waals surface area (Å²) in [6, 6.07) is 5.13. The molecule has 2 N–H and O–H groups in total. The van der Waals surface area contributed by atoms with Gasteiger partial charge in [0.25, 0.3) is 0 Å². The van der Waals surface area contributed by atoms with Gasteiger partial charge in [0.15, 0.2) is 0 Å². The van der Waals surface area contributed by atoms with Crippen molar-refractivity contribution in [2.45, 2.75) is 39.2 Å². The van der Waals surface area contributed by atoms with Crippen LogP contribution in [0.2, 0.25) is 10.0 Å². The molecule has 1 aromatic carbocycles. The Bertz CT molecular complexity index is 453. The van der Waals surface area contributed by atoms with Gasteiger partial charge >= 0.3 is 0 Å². The van der Waals surface area contributed by atoms with E-state index >= 15 is 0 Å². The molecular formula is C15H21Cl2NO2. The van der Waals surface area contributed by atoms with Crippen molar-refractivity contribution in [2.75, 3.05) is 6.54 Å². The Labute approximate surface area is 130 Å². The Morgan fingerprint density at radius 3 is 2.40 bits per heavy atom. The van der Waals surface area contributed by atoms with Crippen molar-refractivity contribution in [3.8, 4) is 0 Å². The monoisotopic (exact) mass is 317 g/mol. The molecule has 20 heavy (non-hydrogen) atoms. The lowest BCUT2D eigenvalue weighted by atomic mass is 9.94. The highest BCUT2D eigenvalue weighted by Gasteiger charge is 2.22. The molecule has 5 heteroatoms. The van der Waals surface area contributed by atoms with Crippen molar-refractivity contribution < 1.29 is 9.90 Å². The van der Waals surface area contributed by atoms with Crippen LogP contribution in [0, 0.1) is 5.92 Å². The minimum absolute atomic E-state index is 0.107. The van der Waals surface area contributed by atoms with E-state index in [9.17, 15) is 9.90 Å². The van der Waals surface area contributed by atoms with Crippen LogP contribution in [0.3, 0.4) is 0 Å². The van der Waals surface area contributed by atoms with Crippen LogP contribution in [-0.2, 0) is 11.2 Å². The molecule has 0 aliphatic rings. The Hall–Kier alpha value is -0.770. The SMILES string of the molecule is CC(C)CC(C)(O)CNC(=O)Cc1c(Cl)cccc1Cl. The summed E-state index contributed by atoms with van der Waals surface area (Å²) < 4.78 is 0. The molecule has 0 heterocycles. The largest absolute Gasteiger partial charge is 0.388 e. The fraction of sp³-hybridized carbons (Fsp3) is 0.533. The average molecular weight is 318 g/mol. The molecule has 0 spiro atoms. The lowest BCUT2D eigenvalue weighted by Gasteiger charge is -2.25. The second-order valence-corrected chi connectivity index (χ2v) is 6.56. The summed E-state index contributed by atoms with van der Waals surface area (Å²) in [4.78, 5) is 11.9. The van der Waals surface area contributed by atoms with Gasteiger partial charge in [-0.25, -0.2) is 0 Å². The molecule has 1 rings (SSSR count). The van der Waals surface area contributed by atoms with E-state index < -0.39 is 5.60 Å². The summed E-state index contributed by atoms with van der Waals surface area (Å²) in [7, 11) is 0. The van der Waals surface area contributed by atoms with Gasteiger partial charge in [0, 0.05) is 16.6 Å². The molecule has 0 aromatic heterocycles. The minimum Gasteiger partial charge on any atom is -0.388 e. The summed E-state index contributed by atoms with van der Waals surface area (Å²) in [6.07, 6.45) is 0.733. The fourth-order valence-electron chi connectivity index (χ4n) is 2.16. The average Bonchev–Trinajstić information content (AvgIpc) is 2.30. The van der Waals surface area contributed by atoms with Crippen molar-refractivity contribution in [2.24, 2.45) is 5.92 Å². The number of carbonyl (C=O) groups excluding carboxylic acids is 1. The summed E-state index contributed by atoms with van der Waals surface area (Å²) >= 11 is 12.0. The quantitative estimate of drug-likeness (QED) is 0.844. The normalized spacial score (nSPS) is 14.2. The molecule has 1 atom stereocenters. The van der Waals surface area contributed by atoms with E-state index in [4.69, 9.17) is 23.2 Å². The highest BCUT2D eigenvalue weighted by molar-refractivity contribution is 6.36. The molecule has 0 fully saturated rings. The summed E-state index contributed by atoms with van der Waals surface area (Å²) in [5.41, 5.74) is -0.300. The predicted octanol–water partition coefficient (Wildman–Crippen LogP) is 3.45. The van der Waals surface area contributed by atoms with Crippen molar-refractivity contribution in [3.05, 3.63) is 33.8 Å². The molecule has 1 aromatic rings. The third-order valence-corrected chi connectivity index (χ3v) is 3.62. The van der Waals surface area contributed by atoms with E-state index in [1.54, 1.807) is 25.1 Å². The number of carbonyl (C=O) groups is 1. The Morgan fingerprint density at radius 1 is 1.35 bits per heavy atom. The van der Waals surface area contributed by atoms with Crippen molar-refractivity contribution in [1.82, 2.24) is 5.32 Å².